The molecule has 156 valence electrons. The van der Waals surface area contributed by atoms with Crippen LogP contribution in [0.5, 0.6) is 11.5 Å². The lowest BCUT2D eigenvalue weighted by atomic mass is 9.92. The largest absolute Gasteiger partial charge is 0.454 e. The number of fused-ring (bicyclic) bond motifs is 2. The molecule has 0 aliphatic carbocycles. The van der Waals surface area contributed by atoms with Crippen molar-refractivity contribution in [2.45, 2.75) is 31.6 Å². The molecular formula is C20H22N6O4. The van der Waals surface area contributed by atoms with Gasteiger partial charge in [-0.15, -0.1) is 0 Å². The Bertz CT molecular complexity index is 1020. The predicted octanol–water partition coefficient (Wildman–Crippen LogP) is 1.84. The topological polar surface area (TPSA) is 132 Å². The van der Waals surface area contributed by atoms with Gasteiger partial charge < -0.3 is 30.7 Å². The van der Waals surface area contributed by atoms with Gasteiger partial charge in [0.1, 0.15) is 11.6 Å². The van der Waals surface area contributed by atoms with Crippen LogP contribution in [0, 0.1) is 0 Å². The lowest BCUT2D eigenvalue weighted by Crippen LogP contribution is -2.35. The average molecular weight is 410 g/mol. The molecule has 1 saturated heterocycles. The zero-order valence-corrected chi connectivity index (χ0v) is 16.3. The summed E-state index contributed by atoms with van der Waals surface area (Å²) in [4.78, 5) is 36.4. The highest BCUT2D eigenvalue weighted by molar-refractivity contribution is 6.05. The van der Waals surface area contributed by atoms with E-state index >= 15 is 0 Å². The van der Waals surface area contributed by atoms with Gasteiger partial charge in [0.2, 0.25) is 24.6 Å². The molecule has 1 aromatic carbocycles. The number of piperidine rings is 1. The van der Waals surface area contributed by atoms with Crippen molar-refractivity contribution in [2.75, 3.05) is 41.1 Å². The number of hydrogen-bond donors (Lipinski definition) is 3. The van der Waals surface area contributed by atoms with E-state index in [9.17, 15) is 9.59 Å². The number of carbonyl (C=O) groups excluding carboxylic acids is 2. The maximum atomic E-state index is 13.0. The molecule has 1 aromatic heterocycles. The molecule has 10 heteroatoms. The first-order valence-corrected chi connectivity index (χ1v) is 10.0. The number of rotatable bonds is 3. The molecule has 2 amide bonds. The van der Waals surface area contributed by atoms with Crippen LogP contribution in [0.2, 0.25) is 0 Å². The molecule has 1 atom stereocenters. The molecular weight excluding hydrogens is 388 g/mol. The fraction of sp³-hybridized carbons (Fsp3) is 0.400. The van der Waals surface area contributed by atoms with Gasteiger partial charge in [0.25, 0.3) is 0 Å². The molecule has 4 heterocycles. The van der Waals surface area contributed by atoms with E-state index in [4.69, 9.17) is 15.2 Å². The molecule has 2 aromatic rings. The van der Waals surface area contributed by atoms with Crippen molar-refractivity contribution >= 4 is 35.1 Å². The van der Waals surface area contributed by atoms with Crippen molar-refractivity contribution in [2.24, 2.45) is 0 Å². The number of aromatic nitrogens is 2. The minimum Gasteiger partial charge on any atom is -0.454 e. The molecule has 0 saturated carbocycles. The molecule has 1 fully saturated rings. The summed E-state index contributed by atoms with van der Waals surface area (Å²) in [5.41, 5.74) is 7.24. The maximum absolute atomic E-state index is 13.0. The van der Waals surface area contributed by atoms with Gasteiger partial charge in [0.15, 0.2) is 11.5 Å². The predicted molar refractivity (Wildman–Crippen MR) is 110 cm³/mol. The van der Waals surface area contributed by atoms with E-state index in [1.807, 2.05) is 0 Å². The highest BCUT2D eigenvalue weighted by Gasteiger charge is 2.35. The van der Waals surface area contributed by atoms with Gasteiger partial charge in [-0.2, -0.15) is 9.97 Å². The van der Waals surface area contributed by atoms with E-state index in [2.05, 4.69) is 25.5 Å². The zero-order valence-electron chi connectivity index (χ0n) is 16.3. The second kappa shape index (κ2) is 7.36. The summed E-state index contributed by atoms with van der Waals surface area (Å²) in [6.45, 7) is 1.84. The van der Waals surface area contributed by atoms with Crippen molar-refractivity contribution < 1.29 is 19.1 Å². The van der Waals surface area contributed by atoms with Crippen LogP contribution in [0.15, 0.2) is 18.2 Å². The molecule has 4 N–H and O–H groups in total. The standard InChI is InChI=1S/C20H22N6O4/c21-17-16-12(19(28)22-11-4-5-13-14(8-11)30-10-29-13)9-15(27)23-18(16)25-20(24-17)26-6-2-1-3-7-26/h4-5,8,12H,1-3,6-7,9-10H2,(H,22,28)(H3,21,23,24,25,27)/t12-/m1/s1. The van der Waals surface area contributed by atoms with Crippen LogP contribution in [0.3, 0.4) is 0 Å². The van der Waals surface area contributed by atoms with Crippen LogP contribution in [-0.2, 0) is 9.59 Å². The first kappa shape index (κ1) is 18.5. The van der Waals surface area contributed by atoms with Crippen molar-refractivity contribution in [3.05, 3.63) is 23.8 Å². The number of nitrogens with one attached hydrogen (secondary N) is 2. The number of hydrogen-bond acceptors (Lipinski definition) is 8. The monoisotopic (exact) mass is 410 g/mol. The lowest BCUT2D eigenvalue weighted by molar-refractivity contribution is -0.123. The minimum atomic E-state index is -0.783. The Morgan fingerprint density at radius 2 is 1.97 bits per heavy atom. The van der Waals surface area contributed by atoms with Crippen molar-refractivity contribution in [1.82, 2.24) is 9.97 Å². The molecule has 0 spiro atoms. The molecule has 3 aliphatic heterocycles. The zero-order chi connectivity index (χ0) is 20.7. The van der Waals surface area contributed by atoms with E-state index < -0.39 is 5.92 Å². The van der Waals surface area contributed by atoms with E-state index in [1.54, 1.807) is 18.2 Å². The third kappa shape index (κ3) is 3.34. The fourth-order valence-corrected chi connectivity index (χ4v) is 4.05. The molecule has 0 bridgehead atoms. The highest BCUT2D eigenvalue weighted by Crippen LogP contribution is 2.38. The maximum Gasteiger partial charge on any atom is 0.232 e. The van der Waals surface area contributed by atoms with Crippen LogP contribution < -0.4 is 30.7 Å². The number of carbonyl (C=O) groups is 2. The van der Waals surface area contributed by atoms with Crippen LogP contribution in [0.1, 0.15) is 37.2 Å². The molecule has 30 heavy (non-hydrogen) atoms. The van der Waals surface area contributed by atoms with E-state index in [-0.39, 0.29) is 30.8 Å². The number of ether oxygens (including phenoxy) is 2. The van der Waals surface area contributed by atoms with Gasteiger partial charge in [-0.25, -0.2) is 0 Å². The van der Waals surface area contributed by atoms with Crippen LogP contribution in [0.4, 0.5) is 23.3 Å². The summed E-state index contributed by atoms with van der Waals surface area (Å²) in [6.07, 6.45) is 3.27. The molecule has 10 nitrogen and oxygen atoms in total. The summed E-state index contributed by atoms with van der Waals surface area (Å²) in [5, 5.41) is 5.58. The van der Waals surface area contributed by atoms with E-state index in [1.165, 1.54) is 6.42 Å². The van der Waals surface area contributed by atoms with Crippen LogP contribution in [-0.4, -0.2) is 41.7 Å². The third-order valence-corrected chi connectivity index (χ3v) is 5.55. The Morgan fingerprint density at radius 1 is 1.17 bits per heavy atom. The van der Waals surface area contributed by atoms with Crippen LogP contribution >= 0.6 is 0 Å². The van der Waals surface area contributed by atoms with Gasteiger partial charge in [-0.05, 0) is 31.4 Å². The fourth-order valence-electron chi connectivity index (χ4n) is 4.05. The van der Waals surface area contributed by atoms with E-state index in [0.29, 0.717) is 34.5 Å². The molecule has 5 rings (SSSR count). The molecule has 0 radical (unpaired) electrons. The molecule has 0 unspecified atom stereocenters. The smallest absolute Gasteiger partial charge is 0.232 e. The van der Waals surface area contributed by atoms with Gasteiger partial charge in [-0.3, -0.25) is 9.59 Å². The summed E-state index contributed by atoms with van der Waals surface area (Å²) in [5.74, 6) is 0.776. The second-order valence-corrected chi connectivity index (χ2v) is 7.58. The number of nitrogen functional groups attached to an aromatic ring is 1. The Labute approximate surface area is 172 Å². The van der Waals surface area contributed by atoms with Gasteiger partial charge in [0.05, 0.1) is 11.5 Å². The van der Waals surface area contributed by atoms with Gasteiger partial charge in [-0.1, -0.05) is 0 Å². The van der Waals surface area contributed by atoms with E-state index in [0.717, 1.165) is 25.9 Å². The number of benzene rings is 1. The SMILES string of the molecule is Nc1nc(N2CCCCC2)nc2c1[C@H](C(=O)Nc1ccc3c(c1)OCO3)CC(=O)N2. The summed E-state index contributed by atoms with van der Waals surface area (Å²) < 4.78 is 10.6. The Kier molecular flexibility index (Phi) is 4.53. The highest BCUT2D eigenvalue weighted by atomic mass is 16.7. The Morgan fingerprint density at radius 3 is 2.80 bits per heavy atom. The number of anilines is 4. The first-order chi connectivity index (χ1) is 14.6. The first-order valence-electron chi connectivity index (χ1n) is 10.0. The average Bonchev–Trinajstić information content (AvgIpc) is 3.21. The van der Waals surface area contributed by atoms with Crippen molar-refractivity contribution in [1.29, 1.82) is 0 Å². The second-order valence-electron chi connectivity index (χ2n) is 7.58. The van der Waals surface area contributed by atoms with Crippen LogP contribution in [0.25, 0.3) is 0 Å². The lowest BCUT2D eigenvalue weighted by Gasteiger charge is -2.30. The summed E-state index contributed by atoms with van der Waals surface area (Å²) >= 11 is 0. The Hall–Kier alpha value is -3.56. The van der Waals surface area contributed by atoms with Gasteiger partial charge >= 0.3 is 0 Å². The number of nitrogens with two attached hydrogens (primary N) is 1. The summed E-state index contributed by atoms with van der Waals surface area (Å²) in [7, 11) is 0. The normalized spacial score (nSPS) is 19.8. The number of nitrogens with zero attached hydrogens (tertiary/aromatic N) is 3. The van der Waals surface area contributed by atoms with Crippen molar-refractivity contribution in [3.8, 4) is 11.5 Å². The van der Waals surface area contributed by atoms with Crippen molar-refractivity contribution in [3.63, 3.8) is 0 Å². The Balaban J connectivity index is 1.42. The quantitative estimate of drug-likeness (QED) is 0.698. The molecule has 3 aliphatic rings. The third-order valence-electron chi connectivity index (χ3n) is 5.55. The summed E-state index contributed by atoms with van der Waals surface area (Å²) in [6, 6.07) is 5.12. The van der Waals surface area contributed by atoms with Gasteiger partial charge in [0, 0.05) is 31.3 Å². The number of amides is 2. The minimum absolute atomic E-state index is 0.0278.